The fourth-order valence-corrected chi connectivity index (χ4v) is 1.63. The second kappa shape index (κ2) is 4.56. The van der Waals surface area contributed by atoms with Crippen molar-refractivity contribution in [2.75, 3.05) is 13.6 Å². The number of aliphatic hydroxyl groups excluding tert-OH is 1. The second-order valence-electron chi connectivity index (χ2n) is 3.79. The van der Waals surface area contributed by atoms with E-state index in [4.69, 9.17) is 0 Å². The van der Waals surface area contributed by atoms with E-state index in [1.807, 2.05) is 7.05 Å². The molecule has 1 aliphatic heterocycles. The molecule has 1 rings (SSSR count). The van der Waals surface area contributed by atoms with Gasteiger partial charge in [-0.05, 0) is 13.8 Å². The molecule has 1 heterocycles. The monoisotopic (exact) mass is 300 g/mol. The molecule has 1 saturated heterocycles. The molecule has 1 fully saturated rings. The smallest absolute Gasteiger partial charge is 0.258 e. The van der Waals surface area contributed by atoms with Crippen molar-refractivity contribution in [1.82, 2.24) is 5.01 Å². The number of halogens is 1. The van der Waals surface area contributed by atoms with E-state index in [1.54, 1.807) is 0 Å². The molecule has 2 atom stereocenters. The van der Waals surface area contributed by atoms with Crippen molar-refractivity contribution in [2.45, 2.75) is 32.5 Å². The minimum absolute atomic E-state index is 0. The lowest BCUT2D eigenvalue weighted by molar-refractivity contribution is -1.01. The van der Waals surface area contributed by atoms with E-state index in [-0.39, 0.29) is 24.0 Å². The van der Waals surface area contributed by atoms with Crippen LogP contribution < -0.4 is 24.0 Å². The molecule has 0 aromatic heterocycles. The lowest BCUT2D eigenvalue weighted by Crippen LogP contribution is -3.00. The minimum Gasteiger partial charge on any atom is -1.00 e. The summed E-state index contributed by atoms with van der Waals surface area (Å²) in [5, 5.41) is 10.9. The SMILES string of the molecule is CC(C)[N+]1(C)CCC(O)N1C=O.[I-]. The molecule has 0 aromatic rings. The van der Waals surface area contributed by atoms with E-state index in [0.717, 1.165) is 13.0 Å². The molecule has 1 N–H and O–H groups in total. The number of hydrogen-bond donors (Lipinski definition) is 1. The third-order valence-corrected chi connectivity index (χ3v) is 2.89. The standard InChI is InChI=1S/C8H17N2O2.HI/c1-7(2)10(3)5-4-8(12)9(10)6-11;/h6-8,12H,4-5H2,1-3H3;1H/q+1;/p-1. The molecule has 0 radical (unpaired) electrons. The van der Waals surface area contributed by atoms with Gasteiger partial charge in [0.25, 0.3) is 6.41 Å². The topological polar surface area (TPSA) is 40.5 Å². The van der Waals surface area contributed by atoms with Crippen LogP contribution >= 0.6 is 0 Å². The van der Waals surface area contributed by atoms with Gasteiger partial charge in [-0.25, -0.2) is 4.59 Å². The fraction of sp³-hybridized carbons (Fsp3) is 0.875. The number of amides is 1. The highest BCUT2D eigenvalue weighted by atomic mass is 127. The van der Waals surface area contributed by atoms with Crippen molar-refractivity contribution in [3.8, 4) is 0 Å². The molecule has 1 aliphatic rings. The summed E-state index contributed by atoms with van der Waals surface area (Å²) in [5.41, 5.74) is 0. The highest BCUT2D eigenvalue weighted by Gasteiger charge is 2.43. The minimum atomic E-state index is -0.602. The van der Waals surface area contributed by atoms with Crippen LogP contribution in [0, 0.1) is 0 Å². The van der Waals surface area contributed by atoms with Gasteiger partial charge in [-0.1, -0.05) is 0 Å². The number of carbonyl (C=O) groups is 1. The van der Waals surface area contributed by atoms with Gasteiger partial charge in [-0.2, -0.15) is 5.01 Å². The zero-order valence-corrected chi connectivity index (χ0v) is 10.4. The molecule has 0 saturated carbocycles. The van der Waals surface area contributed by atoms with Gasteiger partial charge in [0, 0.05) is 6.42 Å². The predicted octanol–water partition coefficient (Wildman–Crippen LogP) is -3.06. The van der Waals surface area contributed by atoms with Gasteiger partial charge in [0.15, 0.2) is 6.23 Å². The predicted molar refractivity (Wildman–Crippen MR) is 44.7 cm³/mol. The summed E-state index contributed by atoms with van der Waals surface area (Å²) in [6.07, 6.45) is 0.806. The van der Waals surface area contributed by atoms with Gasteiger partial charge in [-0.15, -0.1) is 0 Å². The maximum atomic E-state index is 10.7. The van der Waals surface area contributed by atoms with Crippen molar-refractivity contribution in [2.24, 2.45) is 0 Å². The van der Waals surface area contributed by atoms with Crippen molar-refractivity contribution >= 4 is 6.41 Å². The molecule has 0 bridgehead atoms. The lowest BCUT2D eigenvalue weighted by Gasteiger charge is -2.38. The Labute approximate surface area is 96.1 Å². The van der Waals surface area contributed by atoms with E-state index in [0.29, 0.717) is 17.1 Å². The second-order valence-corrected chi connectivity index (χ2v) is 3.79. The molecular formula is C8H17IN2O2. The number of rotatable bonds is 2. The van der Waals surface area contributed by atoms with E-state index >= 15 is 0 Å². The number of nitrogens with zero attached hydrogens (tertiary/aromatic N) is 2. The molecule has 4 nitrogen and oxygen atoms in total. The molecule has 13 heavy (non-hydrogen) atoms. The van der Waals surface area contributed by atoms with Crippen LogP contribution in [0.3, 0.4) is 0 Å². The Hall–Kier alpha value is 0.120. The maximum Gasteiger partial charge on any atom is 0.258 e. The highest BCUT2D eigenvalue weighted by Crippen LogP contribution is 2.25. The Kier molecular flexibility index (Phi) is 4.61. The third-order valence-electron chi connectivity index (χ3n) is 2.89. The zero-order chi connectivity index (χ0) is 9.35. The average Bonchev–Trinajstić information content (AvgIpc) is 2.29. The number of hydrogen-bond acceptors (Lipinski definition) is 2. The quantitative estimate of drug-likeness (QED) is 0.334. The van der Waals surface area contributed by atoms with Gasteiger partial charge in [0.2, 0.25) is 0 Å². The Morgan fingerprint density at radius 1 is 1.62 bits per heavy atom. The van der Waals surface area contributed by atoms with Crippen molar-refractivity contribution < 1.29 is 38.5 Å². The summed E-state index contributed by atoms with van der Waals surface area (Å²) in [4.78, 5) is 10.7. The molecule has 2 unspecified atom stereocenters. The first kappa shape index (κ1) is 13.1. The molecule has 0 aromatic carbocycles. The Balaban J connectivity index is 0.00000144. The summed E-state index contributed by atoms with van der Waals surface area (Å²) in [5.74, 6) is 0. The van der Waals surface area contributed by atoms with Crippen LogP contribution in [-0.4, -0.2) is 47.0 Å². The Bertz CT molecular complexity index is 189. The molecule has 78 valence electrons. The van der Waals surface area contributed by atoms with Crippen LogP contribution in [0.15, 0.2) is 0 Å². The normalized spacial score (nSPS) is 33.3. The first-order valence-corrected chi connectivity index (χ1v) is 4.29. The third kappa shape index (κ3) is 2.13. The summed E-state index contributed by atoms with van der Waals surface area (Å²) < 4.78 is 0.519. The largest absolute Gasteiger partial charge is 1.00 e. The van der Waals surface area contributed by atoms with Crippen LogP contribution in [0.2, 0.25) is 0 Å². The fourth-order valence-electron chi connectivity index (χ4n) is 1.63. The summed E-state index contributed by atoms with van der Waals surface area (Å²) in [6, 6.07) is 0.326. The summed E-state index contributed by atoms with van der Waals surface area (Å²) in [7, 11) is 1.97. The Morgan fingerprint density at radius 2 is 2.15 bits per heavy atom. The van der Waals surface area contributed by atoms with E-state index in [9.17, 15) is 9.90 Å². The molecular weight excluding hydrogens is 283 g/mol. The highest BCUT2D eigenvalue weighted by molar-refractivity contribution is 5.45. The van der Waals surface area contributed by atoms with Crippen molar-refractivity contribution in [3.63, 3.8) is 0 Å². The van der Waals surface area contributed by atoms with Gasteiger partial charge >= 0.3 is 0 Å². The lowest BCUT2D eigenvalue weighted by atomic mass is 10.3. The van der Waals surface area contributed by atoms with E-state index in [1.165, 1.54) is 5.01 Å². The maximum absolute atomic E-state index is 10.7. The van der Waals surface area contributed by atoms with Crippen LogP contribution in [0.25, 0.3) is 0 Å². The van der Waals surface area contributed by atoms with Crippen LogP contribution in [0.1, 0.15) is 20.3 Å². The van der Waals surface area contributed by atoms with Gasteiger partial charge in [-0.3, -0.25) is 4.79 Å². The van der Waals surface area contributed by atoms with Gasteiger partial charge in [0.05, 0.1) is 7.05 Å². The molecule has 1 amide bonds. The average molecular weight is 300 g/mol. The molecule has 0 spiro atoms. The first-order chi connectivity index (χ1) is 5.52. The molecule has 5 heteroatoms. The van der Waals surface area contributed by atoms with Gasteiger partial charge < -0.3 is 29.1 Å². The summed E-state index contributed by atoms with van der Waals surface area (Å²) in [6.45, 7) is 4.93. The van der Waals surface area contributed by atoms with Crippen molar-refractivity contribution in [3.05, 3.63) is 0 Å². The van der Waals surface area contributed by atoms with Crippen molar-refractivity contribution in [1.29, 1.82) is 0 Å². The van der Waals surface area contributed by atoms with Gasteiger partial charge in [0.1, 0.15) is 12.6 Å². The van der Waals surface area contributed by atoms with Crippen LogP contribution in [0.4, 0.5) is 0 Å². The van der Waals surface area contributed by atoms with Crippen LogP contribution in [0.5, 0.6) is 0 Å². The zero-order valence-electron chi connectivity index (χ0n) is 8.27. The number of quaternary nitrogens is 1. The number of aliphatic hydroxyl groups is 1. The Morgan fingerprint density at radius 3 is 2.46 bits per heavy atom. The summed E-state index contributed by atoms with van der Waals surface area (Å²) >= 11 is 0. The van der Waals surface area contributed by atoms with E-state index in [2.05, 4.69) is 13.8 Å². The number of carbonyl (C=O) groups excluding carboxylic acids is 1. The first-order valence-electron chi connectivity index (χ1n) is 4.29. The molecule has 0 aliphatic carbocycles. The van der Waals surface area contributed by atoms with Crippen LogP contribution in [-0.2, 0) is 4.79 Å². The van der Waals surface area contributed by atoms with E-state index < -0.39 is 6.23 Å².